The van der Waals surface area contributed by atoms with Crippen LogP contribution in [0.15, 0.2) is 54.6 Å². The Balaban J connectivity index is 2.05. The Hall–Kier alpha value is -2.31. The van der Waals surface area contributed by atoms with E-state index in [1.165, 1.54) is 33.4 Å². The summed E-state index contributed by atoms with van der Waals surface area (Å²) in [5.74, 6) is 1.94. The SMILES string of the molecule is CCc1cc(C)c(OP(Oc2c(C)cc(CC)cc2CC)c2ccccc2)c(CC)c1. The average molecular weight is 435 g/mol. The molecule has 3 rings (SSSR count). The van der Waals surface area contributed by atoms with Crippen LogP contribution < -0.4 is 14.4 Å². The van der Waals surface area contributed by atoms with E-state index < -0.39 is 8.38 Å². The van der Waals surface area contributed by atoms with Gasteiger partial charge < -0.3 is 9.05 Å². The predicted molar refractivity (Wildman–Crippen MR) is 134 cm³/mol. The predicted octanol–water partition coefficient (Wildman–Crippen LogP) is 7.65. The summed E-state index contributed by atoms with van der Waals surface area (Å²) < 4.78 is 13.4. The molecule has 0 unspecified atom stereocenters. The van der Waals surface area contributed by atoms with Crippen molar-refractivity contribution in [2.24, 2.45) is 0 Å². The Kier molecular flexibility index (Phi) is 8.15. The molecule has 3 heteroatoms. The van der Waals surface area contributed by atoms with Crippen molar-refractivity contribution in [2.45, 2.75) is 67.2 Å². The number of rotatable bonds is 9. The molecule has 0 heterocycles. The summed E-state index contributed by atoms with van der Waals surface area (Å²) in [6.07, 6.45) is 3.93. The molecule has 0 spiro atoms. The van der Waals surface area contributed by atoms with Gasteiger partial charge in [0.2, 0.25) is 0 Å². The van der Waals surface area contributed by atoms with Crippen molar-refractivity contribution >= 4 is 13.7 Å². The molecule has 3 aromatic rings. The summed E-state index contributed by atoms with van der Waals surface area (Å²) in [7, 11) is -1.31. The van der Waals surface area contributed by atoms with Crippen LogP contribution in [0.2, 0.25) is 0 Å². The first-order valence-corrected chi connectivity index (χ1v) is 12.6. The number of hydrogen-bond acceptors (Lipinski definition) is 2. The van der Waals surface area contributed by atoms with E-state index in [1.807, 2.05) is 6.07 Å². The van der Waals surface area contributed by atoms with Crippen molar-refractivity contribution in [3.8, 4) is 11.5 Å². The van der Waals surface area contributed by atoms with Gasteiger partial charge in [-0.25, -0.2) is 0 Å². The highest BCUT2D eigenvalue weighted by molar-refractivity contribution is 7.56. The monoisotopic (exact) mass is 434 g/mol. The molecule has 0 amide bonds. The fourth-order valence-electron chi connectivity index (χ4n) is 3.89. The molecular weight excluding hydrogens is 399 g/mol. The minimum absolute atomic E-state index is 0.937. The minimum atomic E-state index is -1.31. The maximum Gasteiger partial charge on any atom is 0.326 e. The largest absolute Gasteiger partial charge is 0.435 e. The van der Waals surface area contributed by atoms with Crippen LogP contribution in [0.5, 0.6) is 11.5 Å². The maximum atomic E-state index is 6.71. The molecular formula is C28H35O2P. The molecule has 164 valence electrons. The summed E-state index contributed by atoms with van der Waals surface area (Å²) in [5, 5.41) is 1.08. The average Bonchev–Trinajstić information content (AvgIpc) is 2.80. The van der Waals surface area contributed by atoms with E-state index in [9.17, 15) is 0 Å². The molecule has 0 bridgehead atoms. The second-order valence-corrected chi connectivity index (χ2v) is 9.39. The van der Waals surface area contributed by atoms with E-state index in [-0.39, 0.29) is 0 Å². The van der Waals surface area contributed by atoms with E-state index in [4.69, 9.17) is 9.05 Å². The van der Waals surface area contributed by atoms with Crippen LogP contribution in [-0.2, 0) is 25.7 Å². The third kappa shape index (κ3) is 5.49. The second-order valence-electron chi connectivity index (χ2n) is 7.99. The minimum Gasteiger partial charge on any atom is -0.435 e. The van der Waals surface area contributed by atoms with Gasteiger partial charge >= 0.3 is 8.38 Å². The fourth-order valence-corrected chi connectivity index (χ4v) is 5.41. The highest BCUT2D eigenvalue weighted by Crippen LogP contribution is 2.44. The van der Waals surface area contributed by atoms with Crippen LogP contribution in [0.4, 0.5) is 0 Å². The summed E-state index contributed by atoms with van der Waals surface area (Å²) in [6, 6.07) is 19.4. The molecule has 0 fully saturated rings. The lowest BCUT2D eigenvalue weighted by molar-refractivity contribution is 0.490. The molecule has 31 heavy (non-hydrogen) atoms. The highest BCUT2D eigenvalue weighted by atomic mass is 31.2. The van der Waals surface area contributed by atoms with Gasteiger partial charge in [0.15, 0.2) is 0 Å². The van der Waals surface area contributed by atoms with Crippen LogP contribution in [-0.4, -0.2) is 0 Å². The van der Waals surface area contributed by atoms with Gasteiger partial charge in [-0.05, 0) is 85.0 Å². The van der Waals surface area contributed by atoms with Gasteiger partial charge in [-0.1, -0.05) is 70.2 Å². The molecule has 0 aliphatic heterocycles. The Morgan fingerprint density at radius 2 is 1.06 bits per heavy atom. The van der Waals surface area contributed by atoms with Crippen LogP contribution in [0.25, 0.3) is 0 Å². The normalized spacial score (nSPS) is 11.1. The lowest BCUT2D eigenvalue weighted by atomic mass is 10.0. The number of benzene rings is 3. The molecule has 0 saturated carbocycles. The first kappa shape index (κ1) is 23.4. The standard InChI is InChI=1S/C28H35O2P/c1-7-22-16-20(5)27(24(9-3)18-22)29-31(26-14-12-11-13-15-26)30-28-21(6)17-23(8-2)19-25(28)10-4/h11-19H,7-10H2,1-6H3. The Labute approximate surface area is 189 Å². The van der Waals surface area contributed by atoms with Gasteiger partial charge in [-0.3, -0.25) is 0 Å². The van der Waals surface area contributed by atoms with Crippen molar-refractivity contribution < 1.29 is 9.05 Å². The quantitative estimate of drug-likeness (QED) is 0.322. The van der Waals surface area contributed by atoms with Crippen LogP contribution in [0.1, 0.15) is 61.1 Å². The van der Waals surface area contributed by atoms with Gasteiger partial charge in [0.1, 0.15) is 11.5 Å². The Morgan fingerprint density at radius 1 is 0.613 bits per heavy atom. The van der Waals surface area contributed by atoms with Crippen molar-refractivity contribution in [1.82, 2.24) is 0 Å². The Morgan fingerprint density at radius 3 is 1.45 bits per heavy atom. The zero-order valence-corrected chi connectivity index (χ0v) is 20.7. The summed E-state index contributed by atoms with van der Waals surface area (Å²) in [4.78, 5) is 0. The molecule has 0 radical (unpaired) electrons. The molecule has 0 N–H and O–H groups in total. The Bertz CT molecular complexity index is 948. The van der Waals surface area contributed by atoms with Gasteiger partial charge in [-0.15, -0.1) is 0 Å². The third-order valence-electron chi connectivity index (χ3n) is 5.72. The van der Waals surface area contributed by atoms with E-state index in [0.717, 1.165) is 42.5 Å². The van der Waals surface area contributed by atoms with Crippen molar-refractivity contribution in [3.63, 3.8) is 0 Å². The van der Waals surface area contributed by atoms with E-state index in [2.05, 4.69) is 90.1 Å². The maximum absolute atomic E-state index is 6.71. The second kappa shape index (κ2) is 10.8. The number of aryl methyl sites for hydroxylation is 6. The third-order valence-corrected chi connectivity index (χ3v) is 7.13. The van der Waals surface area contributed by atoms with Gasteiger partial charge in [0.05, 0.1) is 5.30 Å². The zero-order valence-electron chi connectivity index (χ0n) is 19.8. The van der Waals surface area contributed by atoms with Crippen LogP contribution in [0.3, 0.4) is 0 Å². The smallest absolute Gasteiger partial charge is 0.326 e. The highest BCUT2D eigenvalue weighted by Gasteiger charge is 2.23. The van der Waals surface area contributed by atoms with E-state index >= 15 is 0 Å². The molecule has 0 aromatic heterocycles. The van der Waals surface area contributed by atoms with Crippen molar-refractivity contribution in [3.05, 3.63) is 88.0 Å². The molecule has 3 aromatic carbocycles. The zero-order chi connectivity index (χ0) is 22.4. The first-order chi connectivity index (χ1) is 15.0. The lowest BCUT2D eigenvalue weighted by Crippen LogP contribution is -2.12. The van der Waals surface area contributed by atoms with E-state index in [1.54, 1.807) is 0 Å². The fraction of sp³-hybridized carbons (Fsp3) is 0.357. The van der Waals surface area contributed by atoms with Crippen molar-refractivity contribution in [2.75, 3.05) is 0 Å². The molecule has 0 aliphatic rings. The molecule has 2 nitrogen and oxygen atoms in total. The summed E-state index contributed by atoms with van der Waals surface area (Å²) in [6.45, 7) is 13.1. The van der Waals surface area contributed by atoms with Crippen molar-refractivity contribution in [1.29, 1.82) is 0 Å². The molecule has 0 aliphatic carbocycles. The van der Waals surface area contributed by atoms with E-state index in [0.29, 0.717) is 0 Å². The molecule has 0 saturated heterocycles. The number of hydrogen-bond donors (Lipinski definition) is 0. The van der Waals surface area contributed by atoms with Gasteiger partial charge in [-0.2, -0.15) is 0 Å². The van der Waals surface area contributed by atoms with Crippen LogP contribution >= 0.6 is 8.38 Å². The summed E-state index contributed by atoms with van der Waals surface area (Å²) >= 11 is 0. The molecule has 0 atom stereocenters. The summed E-state index contributed by atoms with van der Waals surface area (Å²) in [5.41, 5.74) is 7.56. The first-order valence-electron chi connectivity index (χ1n) is 11.5. The van der Waals surface area contributed by atoms with Gasteiger partial charge in [0.25, 0.3) is 0 Å². The van der Waals surface area contributed by atoms with Gasteiger partial charge in [0, 0.05) is 0 Å². The van der Waals surface area contributed by atoms with Crippen LogP contribution in [0, 0.1) is 13.8 Å². The lowest BCUT2D eigenvalue weighted by Gasteiger charge is -2.24. The topological polar surface area (TPSA) is 18.5 Å².